The number of rotatable bonds is 5. The van der Waals surface area contributed by atoms with Crippen LogP contribution in [0.15, 0.2) is 29.4 Å². The van der Waals surface area contributed by atoms with Crippen LogP contribution in [0.5, 0.6) is 5.75 Å². The van der Waals surface area contributed by atoms with E-state index in [0.717, 1.165) is 11.4 Å². The largest absolute Gasteiger partial charge is 0.495 e. The molecule has 0 aliphatic rings. The van der Waals surface area contributed by atoms with Gasteiger partial charge in [-0.25, -0.2) is 9.97 Å². The van der Waals surface area contributed by atoms with E-state index < -0.39 is 0 Å². The number of carbonyl (C=O) groups excluding carboxylic acids is 1. The minimum absolute atomic E-state index is 0.0210. The van der Waals surface area contributed by atoms with Gasteiger partial charge in [-0.15, -0.1) is 0 Å². The lowest BCUT2D eigenvalue weighted by Crippen LogP contribution is -2.04. The number of thioether (sulfide) groups is 1. The summed E-state index contributed by atoms with van der Waals surface area (Å²) in [5, 5.41) is 1.04. The molecule has 21 heavy (non-hydrogen) atoms. The lowest BCUT2D eigenvalue weighted by atomic mass is 10.1. The van der Waals surface area contributed by atoms with Crippen molar-refractivity contribution in [3.8, 4) is 5.75 Å². The normalized spacial score (nSPS) is 10.5. The molecule has 0 saturated heterocycles. The number of ketones is 1. The zero-order valence-corrected chi connectivity index (χ0v) is 13.6. The Hall–Kier alpha value is -1.59. The zero-order valence-electron chi connectivity index (χ0n) is 12.0. The predicted octanol–water partition coefficient (Wildman–Crippen LogP) is 3.73. The molecule has 0 bridgehead atoms. The number of ether oxygens (including phenoxy) is 1. The van der Waals surface area contributed by atoms with E-state index in [0.29, 0.717) is 21.5 Å². The maximum absolute atomic E-state index is 12.2. The Morgan fingerprint density at radius 3 is 2.48 bits per heavy atom. The van der Waals surface area contributed by atoms with Crippen molar-refractivity contribution in [2.75, 3.05) is 12.9 Å². The number of nitrogens with zero attached hydrogens (tertiary/aromatic N) is 2. The lowest BCUT2D eigenvalue weighted by molar-refractivity contribution is 0.102. The van der Waals surface area contributed by atoms with Gasteiger partial charge >= 0.3 is 0 Å². The summed E-state index contributed by atoms with van der Waals surface area (Å²) in [5.74, 6) is 0.803. The number of hydrogen-bond acceptors (Lipinski definition) is 5. The Labute approximate surface area is 132 Å². The van der Waals surface area contributed by atoms with Crippen molar-refractivity contribution in [3.63, 3.8) is 0 Å². The Balaban J connectivity index is 2.06. The number of halogens is 1. The highest BCUT2D eigenvalue weighted by atomic mass is 35.5. The molecule has 0 aliphatic heterocycles. The molecule has 0 amide bonds. The summed E-state index contributed by atoms with van der Waals surface area (Å²) >= 11 is 7.35. The summed E-state index contributed by atoms with van der Waals surface area (Å²) in [6, 6.07) is 6.91. The molecule has 0 saturated carbocycles. The second-order valence-corrected chi connectivity index (χ2v) is 5.84. The van der Waals surface area contributed by atoms with Gasteiger partial charge in [0.15, 0.2) is 10.9 Å². The summed E-state index contributed by atoms with van der Waals surface area (Å²) < 4.78 is 5.07. The third-order valence-corrected chi connectivity index (χ3v) is 3.91. The monoisotopic (exact) mass is 322 g/mol. The second kappa shape index (κ2) is 6.91. The molecule has 4 nitrogen and oxygen atoms in total. The minimum Gasteiger partial charge on any atom is -0.495 e. The zero-order chi connectivity index (χ0) is 15.4. The van der Waals surface area contributed by atoms with Gasteiger partial charge in [0.25, 0.3) is 0 Å². The molecule has 1 aromatic heterocycles. The number of aromatic nitrogens is 2. The first-order valence-electron chi connectivity index (χ1n) is 6.31. The molecule has 1 heterocycles. The van der Waals surface area contributed by atoms with Crippen molar-refractivity contribution < 1.29 is 9.53 Å². The van der Waals surface area contributed by atoms with Crippen LogP contribution >= 0.6 is 23.4 Å². The summed E-state index contributed by atoms with van der Waals surface area (Å²) in [4.78, 5) is 20.8. The highest BCUT2D eigenvalue weighted by Crippen LogP contribution is 2.26. The Bertz CT molecular complexity index is 656. The topological polar surface area (TPSA) is 52.1 Å². The first-order chi connectivity index (χ1) is 9.99. The van der Waals surface area contributed by atoms with Gasteiger partial charge in [0.2, 0.25) is 0 Å². The summed E-state index contributed by atoms with van der Waals surface area (Å²) in [7, 11) is 1.54. The van der Waals surface area contributed by atoms with Crippen LogP contribution in [0.25, 0.3) is 0 Å². The highest BCUT2D eigenvalue weighted by Gasteiger charge is 2.11. The average molecular weight is 323 g/mol. The quantitative estimate of drug-likeness (QED) is 0.477. The number of Topliss-reactive ketones (excluding diaryl/α,β-unsaturated/α-hetero) is 1. The number of hydrogen-bond donors (Lipinski definition) is 0. The summed E-state index contributed by atoms with van der Waals surface area (Å²) in [6.45, 7) is 3.81. The number of aryl methyl sites for hydroxylation is 2. The molecule has 0 aliphatic carbocycles. The van der Waals surface area contributed by atoms with E-state index in [4.69, 9.17) is 16.3 Å². The third kappa shape index (κ3) is 4.19. The Morgan fingerprint density at radius 2 is 1.90 bits per heavy atom. The molecule has 0 fully saturated rings. The van der Waals surface area contributed by atoms with E-state index in [1.165, 1.54) is 18.9 Å². The molecule has 110 valence electrons. The van der Waals surface area contributed by atoms with Crippen molar-refractivity contribution in [2.45, 2.75) is 19.0 Å². The fourth-order valence-electron chi connectivity index (χ4n) is 1.81. The van der Waals surface area contributed by atoms with E-state index in [-0.39, 0.29) is 11.5 Å². The molecule has 0 atom stereocenters. The van der Waals surface area contributed by atoms with Gasteiger partial charge in [-0.1, -0.05) is 23.4 Å². The maximum atomic E-state index is 12.2. The first-order valence-corrected chi connectivity index (χ1v) is 7.68. The number of carbonyl (C=O) groups is 1. The van der Waals surface area contributed by atoms with Gasteiger partial charge in [-0.2, -0.15) is 0 Å². The van der Waals surface area contributed by atoms with Gasteiger partial charge in [-0.05, 0) is 38.1 Å². The molecule has 6 heteroatoms. The van der Waals surface area contributed by atoms with Crippen molar-refractivity contribution in [2.24, 2.45) is 0 Å². The standard InChI is InChI=1S/C15H15ClN2O2S/c1-9-6-10(2)18-15(17-9)21-8-13(19)11-4-5-14(20-3)12(16)7-11/h4-7H,8H2,1-3H3. The van der Waals surface area contributed by atoms with Crippen LogP contribution in [0.4, 0.5) is 0 Å². The van der Waals surface area contributed by atoms with Gasteiger partial charge in [0.05, 0.1) is 17.9 Å². The molecule has 1 aromatic carbocycles. The fourth-order valence-corrected chi connectivity index (χ4v) is 2.91. The predicted molar refractivity (Wildman–Crippen MR) is 84.6 cm³/mol. The van der Waals surface area contributed by atoms with Crippen molar-refractivity contribution >= 4 is 29.1 Å². The van der Waals surface area contributed by atoms with E-state index in [2.05, 4.69) is 9.97 Å². The smallest absolute Gasteiger partial charge is 0.188 e. The first kappa shape index (κ1) is 15.8. The van der Waals surface area contributed by atoms with Crippen LogP contribution in [0.2, 0.25) is 5.02 Å². The summed E-state index contributed by atoms with van der Waals surface area (Å²) in [6.07, 6.45) is 0. The molecule has 2 aromatic rings. The van der Waals surface area contributed by atoms with Crippen molar-refractivity contribution in [1.29, 1.82) is 0 Å². The minimum atomic E-state index is -0.0210. The van der Waals surface area contributed by atoms with Crippen LogP contribution in [0.3, 0.4) is 0 Å². The number of benzene rings is 1. The van der Waals surface area contributed by atoms with Crippen LogP contribution in [-0.2, 0) is 0 Å². The average Bonchev–Trinajstić information content (AvgIpc) is 2.43. The Morgan fingerprint density at radius 1 is 1.24 bits per heavy atom. The Kier molecular flexibility index (Phi) is 5.20. The van der Waals surface area contributed by atoms with E-state index in [1.807, 2.05) is 19.9 Å². The molecule has 0 radical (unpaired) electrons. The van der Waals surface area contributed by atoms with Crippen LogP contribution < -0.4 is 4.74 Å². The summed E-state index contributed by atoms with van der Waals surface area (Å²) in [5.41, 5.74) is 2.34. The van der Waals surface area contributed by atoms with Crippen LogP contribution in [0.1, 0.15) is 21.7 Å². The molecule has 0 spiro atoms. The molecular formula is C15H15ClN2O2S. The lowest BCUT2D eigenvalue weighted by Gasteiger charge is -2.06. The maximum Gasteiger partial charge on any atom is 0.188 e. The number of methoxy groups -OCH3 is 1. The molecule has 0 N–H and O–H groups in total. The van der Waals surface area contributed by atoms with E-state index in [9.17, 15) is 4.79 Å². The van der Waals surface area contributed by atoms with Crippen molar-refractivity contribution in [3.05, 3.63) is 46.2 Å². The van der Waals surface area contributed by atoms with Gasteiger partial charge in [-0.3, -0.25) is 4.79 Å². The fraction of sp³-hybridized carbons (Fsp3) is 0.267. The van der Waals surface area contributed by atoms with Crippen LogP contribution in [0, 0.1) is 13.8 Å². The van der Waals surface area contributed by atoms with E-state index >= 15 is 0 Å². The SMILES string of the molecule is COc1ccc(C(=O)CSc2nc(C)cc(C)n2)cc1Cl. The van der Waals surface area contributed by atoms with Crippen molar-refractivity contribution in [1.82, 2.24) is 9.97 Å². The van der Waals surface area contributed by atoms with Gasteiger partial charge in [0, 0.05) is 17.0 Å². The highest BCUT2D eigenvalue weighted by molar-refractivity contribution is 7.99. The van der Waals surface area contributed by atoms with Gasteiger partial charge < -0.3 is 4.74 Å². The molecule has 0 unspecified atom stereocenters. The van der Waals surface area contributed by atoms with E-state index in [1.54, 1.807) is 18.2 Å². The van der Waals surface area contributed by atoms with Gasteiger partial charge in [0.1, 0.15) is 5.75 Å². The molecule has 2 rings (SSSR count). The second-order valence-electron chi connectivity index (χ2n) is 4.49. The van der Waals surface area contributed by atoms with Crippen LogP contribution in [-0.4, -0.2) is 28.6 Å². The molecular weight excluding hydrogens is 308 g/mol. The third-order valence-electron chi connectivity index (χ3n) is 2.77.